The summed E-state index contributed by atoms with van der Waals surface area (Å²) in [6, 6.07) is 4.48. The molecule has 0 spiro atoms. The topological polar surface area (TPSA) is 113 Å². The third-order valence-corrected chi connectivity index (χ3v) is 6.07. The van der Waals surface area contributed by atoms with Gasteiger partial charge in [0.2, 0.25) is 15.9 Å². The molecule has 0 saturated carbocycles. The summed E-state index contributed by atoms with van der Waals surface area (Å²) in [5.41, 5.74) is -1.07. The van der Waals surface area contributed by atoms with Gasteiger partial charge in [-0.1, -0.05) is 25.4 Å². The van der Waals surface area contributed by atoms with Gasteiger partial charge in [0.15, 0.2) is 0 Å². The van der Waals surface area contributed by atoms with Crippen LogP contribution in [-0.2, 0) is 19.6 Å². The molecule has 0 fully saturated rings. The molecule has 1 aromatic carbocycles. The highest BCUT2D eigenvalue weighted by atomic mass is 35.5. The van der Waals surface area contributed by atoms with E-state index < -0.39 is 33.4 Å². The lowest BCUT2D eigenvalue weighted by Crippen LogP contribution is -2.49. The number of carboxylic acid groups (broad SMARTS) is 1. The second-order valence-electron chi connectivity index (χ2n) is 5.81. The molecule has 9 heteroatoms. The highest BCUT2D eigenvalue weighted by Crippen LogP contribution is 2.25. The molecular formula is C16H23ClN2O5S. The van der Waals surface area contributed by atoms with Gasteiger partial charge in [0.05, 0.1) is 16.4 Å². The first-order chi connectivity index (χ1) is 11.6. The quantitative estimate of drug-likeness (QED) is 0.597. The summed E-state index contributed by atoms with van der Waals surface area (Å²) in [6.45, 7) is 4.79. The summed E-state index contributed by atoms with van der Waals surface area (Å²) in [4.78, 5) is 23.6. The number of hydrogen-bond donors (Lipinski definition) is 3. The van der Waals surface area contributed by atoms with Crippen LogP contribution >= 0.6 is 11.6 Å². The van der Waals surface area contributed by atoms with Crippen LogP contribution < -0.4 is 10.0 Å². The molecule has 0 aliphatic heterocycles. The van der Waals surface area contributed by atoms with E-state index in [0.717, 1.165) is 0 Å². The van der Waals surface area contributed by atoms with Crippen LogP contribution in [0.15, 0.2) is 29.2 Å². The van der Waals surface area contributed by atoms with E-state index >= 15 is 0 Å². The molecular weight excluding hydrogens is 368 g/mol. The number of rotatable bonds is 9. The Labute approximate surface area is 152 Å². The Hall–Kier alpha value is -1.64. The smallest absolute Gasteiger partial charge is 0.311 e. The van der Waals surface area contributed by atoms with Gasteiger partial charge in [-0.3, -0.25) is 9.59 Å². The van der Waals surface area contributed by atoms with Gasteiger partial charge in [-0.15, -0.1) is 0 Å². The summed E-state index contributed by atoms with van der Waals surface area (Å²) < 4.78 is 26.8. The predicted octanol–water partition coefficient (Wildman–Crippen LogP) is 2.01. The van der Waals surface area contributed by atoms with E-state index in [0.29, 0.717) is 17.9 Å². The molecule has 0 bridgehead atoms. The monoisotopic (exact) mass is 390 g/mol. The average molecular weight is 391 g/mol. The van der Waals surface area contributed by atoms with Crippen LogP contribution in [-0.4, -0.2) is 38.0 Å². The van der Waals surface area contributed by atoms with Crippen LogP contribution in [0.5, 0.6) is 0 Å². The van der Waals surface area contributed by atoms with Gasteiger partial charge in [-0.2, -0.15) is 4.72 Å². The first-order valence-electron chi connectivity index (χ1n) is 7.87. The van der Waals surface area contributed by atoms with Crippen LogP contribution in [0.3, 0.4) is 0 Å². The van der Waals surface area contributed by atoms with Crippen LogP contribution in [0.2, 0.25) is 5.02 Å². The van der Waals surface area contributed by atoms with Gasteiger partial charge < -0.3 is 10.4 Å². The minimum Gasteiger partial charge on any atom is -0.481 e. The Morgan fingerprint density at radius 2 is 1.72 bits per heavy atom. The van der Waals surface area contributed by atoms with Crippen molar-refractivity contribution in [3.63, 3.8) is 0 Å². The average Bonchev–Trinajstić information content (AvgIpc) is 2.55. The Morgan fingerprint density at radius 3 is 2.16 bits per heavy atom. The van der Waals surface area contributed by atoms with Crippen molar-refractivity contribution in [2.45, 2.75) is 44.6 Å². The largest absolute Gasteiger partial charge is 0.481 e. The molecule has 0 heterocycles. The summed E-state index contributed by atoms with van der Waals surface area (Å²) in [5, 5.41) is 12.3. The highest BCUT2D eigenvalue weighted by molar-refractivity contribution is 7.89. The molecule has 1 aromatic rings. The number of carbonyl (C=O) groups excluding carboxylic acids is 1. The van der Waals surface area contributed by atoms with Gasteiger partial charge in [0.1, 0.15) is 0 Å². The van der Waals surface area contributed by atoms with Crippen molar-refractivity contribution >= 4 is 33.5 Å². The second kappa shape index (κ2) is 8.64. The van der Waals surface area contributed by atoms with E-state index in [4.69, 9.17) is 11.6 Å². The van der Waals surface area contributed by atoms with Crippen molar-refractivity contribution in [3.05, 3.63) is 29.3 Å². The lowest BCUT2D eigenvalue weighted by atomic mass is 9.82. The Kier molecular flexibility index (Phi) is 7.40. The van der Waals surface area contributed by atoms with E-state index in [1.54, 1.807) is 13.8 Å². The Balaban J connectivity index is 2.76. The molecule has 0 aliphatic carbocycles. The number of carbonyl (C=O) groups is 2. The lowest BCUT2D eigenvalue weighted by molar-refractivity contribution is -0.149. The number of benzene rings is 1. The molecule has 1 atom stereocenters. The molecule has 0 radical (unpaired) electrons. The molecule has 0 aliphatic rings. The molecule has 1 rings (SSSR count). The van der Waals surface area contributed by atoms with E-state index in [-0.39, 0.29) is 11.4 Å². The van der Waals surface area contributed by atoms with Crippen molar-refractivity contribution < 1.29 is 23.1 Å². The maximum absolute atomic E-state index is 12.3. The van der Waals surface area contributed by atoms with Gasteiger partial charge in [-0.25, -0.2) is 8.42 Å². The standard InChI is InChI=1S/C16H23ClN2O5S/c1-4-16(5-2,15(21)22)10-18-14(20)11(3)19-25(23,24)13-8-6-12(17)7-9-13/h6-9,11,19H,4-5,10H2,1-3H3,(H,18,20)(H,21,22). The first kappa shape index (κ1) is 21.4. The fraction of sp³-hybridized carbons (Fsp3) is 0.500. The van der Waals surface area contributed by atoms with Gasteiger partial charge in [0.25, 0.3) is 0 Å². The van der Waals surface area contributed by atoms with Gasteiger partial charge >= 0.3 is 5.97 Å². The van der Waals surface area contributed by atoms with E-state index in [2.05, 4.69) is 10.0 Å². The normalized spacial score (nSPS) is 13.3. The third-order valence-electron chi connectivity index (χ3n) is 4.26. The zero-order chi connectivity index (χ0) is 19.3. The van der Waals surface area contributed by atoms with Crippen LogP contribution in [0.1, 0.15) is 33.6 Å². The van der Waals surface area contributed by atoms with Crippen molar-refractivity contribution in [2.24, 2.45) is 5.41 Å². The van der Waals surface area contributed by atoms with Crippen molar-refractivity contribution in [1.82, 2.24) is 10.0 Å². The summed E-state index contributed by atoms with van der Waals surface area (Å²) in [6.07, 6.45) is 0.702. The number of hydrogen-bond acceptors (Lipinski definition) is 4. The SMILES string of the molecule is CCC(CC)(CNC(=O)C(C)NS(=O)(=O)c1ccc(Cl)cc1)C(=O)O. The highest BCUT2D eigenvalue weighted by Gasteiger charge is 2.35. The molecule has 1 amide bonds. The number of sulfonamides is 1. The maximum atomic E-state index is 12.3. The molecule has 1 unspecified atom stereocenters. The number of amides is 1. The fourth-order valence-electron chi connectivity index (χ4n) is 2.26. The zero-order valence-corrected chi connectivity index (χ0v) is 15.9. The summed E-state index contributed by atoms with van der Waals surface area (Å²) in [7, 11) is -3.89. The molecule has 25 heavy (non-hydrogen) atoms. The minimum atomic E-state index is -3.89. The minimum absolute atomic E-state index is 0.0152. The summed E-state index contributed by atoms with van der Waals surface area (Å²) in [5.74, 6) is -1.59. The third kappa shape index (κ3) is 5.42. The molecule has 0 aromatic heterocycles. The predicted molar refractivity (Wildman–Crippen MR) is 94.9 cm³/mol. The van der Waals surface area contributed by atoms with Gasteiger partial charge in [0, 0.05) is 11.6 Å². The Morgan fingerprint density at radius 1 is 1.20 bits per heavy atom. The lowest BCUT2D eigenvalue weighted by Gasteiger charge is -2.27. The fourth-order valence-corrected chi connectivity index (χ4v) is 3.58. The van der Waals surface area contributed by atoms with E-state index in [9.17, 15) is 23.1 Å². The van der Waals surface area contributed by atoms with Crippen molar-refractivity contribution in [2.75, 3.05) is 6.54 Å². The van der Waals surface area contributed by atoms with Crippen molar-refractivity contribution in [1.29, 1.82) is 0 Å². The van der Waals surface area contributed by atoms with E-state index in [1.165, 1.54) is 31.2 Å². The van der Waals surface area contributed by atoms with Gasteiger partial charge in [-0.05, 0) is 44.0 Å². The Bertz CT molecular complexity index is 715. The van der Waals surface area contributed by atoms with E-state index in [1.807, 2.05) is 0 Å². The second-order valence-corrected chi connectivity index (χ2v) is 7.96. The summed E-state index contributed by atoms with van der Waals surface area (Å²) >= 11 is 5.73. The van der Waals surface area contributed by atoms with Crippen LogP contribution in [0.25, 0.3) is 0 Å². The van der Waals surface area contributed by atoms with Crippen LogP contribution in [0, 0.1) is 5.41 Å². The molecule has 140 valence electrons. The number of carboxylic acids is 1. The number of halogens is 1. The molecule has 0 saturated heterocycles. The molecule has 7 nitrogen and oxygen atoms in total. The van der Waals surface area contributed by atoms with Crippen LogP contribution in [0.4, 0.5) is 0 Å². The van der Waals surface area contributed by atoms with Crippen molar-refractivity contribution in [3.8, 4) is 0 Å². The zero-order valence-electron chi connectivity index (χ0n) is 14.4. The first-order valence-corrected chi connectivity index (χ1v) is 9.73. The number of aliphatic carboxylic acids is 1. The molecule has 3 N–H and O–H groups in total. The maximum Gasteiger partial charge on any atom is 0.311 e. The number of nitrogens with one attached hydrogen (secondary N) is 2.